The van der Waals surface area contributed by atoms with Gasteiger partial charge in [-0.2, -0.15) is 0 Å². The molecule has 0 N–H and O–H groups in total. The Morgan fingerprint density at radius 3 is 2.05 bits per heavy atom. The van der Waals surface area contributed by atoms with Crippen LogP contribution in [0.1, 0.15) is 77.6 Å². The van der Waals surface area contributed by atoms with Gasteiger partial charge in [0, 0.05) is 6.61 Å². The van der Waals surface area contributed by atoms with Crippen LogP contribution in [0.2, 0.25) is 0 Å². The second-order valence-electron chi connectivity index (χ2n) is 7.02. The largest absolute Gasteiger partial charge is 0.378 e. The van der Waals surface area contributed by atoms with Crippen molar-refractivity contribution in [2.75, 3.05) is 13.3 Å². The second-order valence-corrected chi connectivity index (χ2v) is 7.02. The zero-order valence-corrected chi connectivity index (χ0v) is 13.3. The molecule has 0 bridgehead atoms. The minimum atomic E-state index is -0.240. The Balaban J connectivity index is 1.62. The van der Waals surface area contributed by atoms with Crippen LogP contribution in [-0.2, 0) is 4.74 Å². The van der Waals surface area contributed by atoms with Gasteiger partial charge in [0.1, 0.15) is 0 Å². The molecule has 0 aliphatic heterocycles. The van der Waals surface area contributed by atoms with E-state index in [9.17, 15) is 4.39 Å². The van der Waals surface area contributed by atoms with Crippen LogP contribution in [-0.4, -0.2) is 19.4 Å². The van der Waals surface area contributed by atoms with Crippen LogP contribution in [0, 0.1) is 17.8 Å². The molecule has 0 radical (unpaired) electrons. The van der Waals surface area contributed by atoms with Crippen LogP contribution in [0.5, 0.6) is 0 Å². The Bertz CT molecular complexity index is 240. The third-order valence-electron chi connectivity index (χ3n) is 5.61. The van der Waals surface area contributed by atoms with E-state index in [1.54, 1.807) is 0 Å². The third kappa shape index (κ3) is 5.02. The molecule has 20 heavy (non-hydrogen) atoms. The molecule has 0 aromatic heterocycles. The molecular weight excluding hydrogens is 251 g/mol. The zero-order chi connectivity index (χ0) is 14.2. The van der Waals surface area contributed by atoms with Crippen molar-refractivity contribution in [3.63, 3.8) is 0 Å². The molecular formula is C18H33FO. The van der Waals surface area contributed by atoms with Crippen molar-refractivity contribution in [1.82, 2.24) is 0 Å². The van der Waals surface area contributed by atoms with Gasteiger partial charge >= 0.3 is 0 Å². The smallest absolute Gasteiger partial charge is 0.0916 e. The Morgan fingerprint density at radius 1 is 0.900 bits per heavy atom. The molecule has 0 unspecified atom stereocenters. The van der Waals surface area contributed by atoms with Crippen LogP contribution in [0.4, 0.5) is 4.39 Å². The maximum absolute atomic E-state index is 12.1. The highest BCUT2D eigenvalue weighted by Crippen LogP contribution is 2.41. The standard InChI is InChI=1S/C18H33FO/c1-2-4-15-5-7-16(8-6-15)17-9-11-18(12-10-17)20-14-3-13-19/h15-18H,2-14H2,1H3. The van der Waals surface area contributed by atoms with Crippen molar-refractivity contribution in [2.24, 2.45) is 17.8 Å². The predicted molar refractivity (Wildman–Crippen MR) is 82.6 cm³/mol. The zero-order valence-electron chi connectivity index (χ0n) is 13.3. The molecule has 0 heterocycles. The molecule has 2 aliphatic carbocycles. The van der Waals surface area contributed by atoms with Crippen molar-refractivity contribution in [3.05, 3.63) is 0 Å². The average Bonchev–Trinajstić information content (AvgIpc) is 2.49. The molecule has 0 atom stereocenters. The van der Waals surface area contributed by atoms with Crippen LogP contribution in [0.3, 0.4) is 0 Å². The first-order valence-corrected chi connectivity index (χ1v) is 9.01. The Morgan fingerprint density at radius 2 is 1.50 bits per heavy atom. The molecule has 0 amide bonds. The summed E-state index contributed by atoms with van der Waals surface area (Å²) in [4.78, 5) is 0. The van der Waals surface area contributed by atoms with Gasteiger partial charge in [-0.05, 0) is 62.7 Å². The lowest BCUT2D eigenvalue weighted by atomic mass is 9.70. The van der Waals surface area contributed by atoms with E-state index in [1.165, 1.54) is 64.2 Å². The van der Waals surface area contributed by atoms with Crippen LogP contribution in [0.25, 0.3) is 0 Å². The van der Waals surface area contributed by atoms with Gasteiger partial charge < -0.3 is 4.74 Å². The fourth-order valence-electron chi connectivity index (χ4n) is 4.39. The van der Waals surface area contributed by atoms with Gasteiger partial charge in [-0.25, -0.2) is 0 Å². The summed E-state index contributed by atoms with van der Waals surface area (Å²) in [6.07, 6.45) is 14.8. The molecule has 0 saturated heterocycles. The number of halogens is 1. The van der Waals surface area contributed by atoms with Crippen LogP contribution < -0.4 is 0 Å². The highest BCUT2D eigenvalue weighted by Gasteiger charge is 2.30. The first kappa shape index (κ1) is 16.3. The molecule has 2 fully saturated rings. The fraction of sp³-hybridized carbons (Fsp3) is 1.00. The third-order valence-corrected chi connectivity index (χ3v) is 5.61. The lowest BCUT2D eigenvalue weighted by Crippen LogP contribution is -2.28. The van der Waals surface area contributed by atoms with E-state index >= 15 is 0 Å². The highest BCUT2D eigenvalue weighted by atomic mass is 19.1. The normalized spacial score (nSPS) is 35.1. The number of hydrogen-bond acceptors (Lipinski definition) is 1. The SMILES string of the molecule is CCCC1CCC(C2CCC(OCCCF)CC2)CC1. The topological polar surface area (TPSA) is 9.23 Å². The second kappa shape index (κ2) is 9.02. The van der Waals surface area contributed by atoms with Crippen molar-refractivity contribution >= 4 is 0 Å². The Kier molecular flexibility index (Phi) is 7.33. The molecule has 0 aromatic carbocycles. The number of ether oxygens (including phenoxy) is 1. The number of alkyl halides is 1. The highest BCUT2D eigenvalue weighted by molar-refractivity contribution is 4.82. The van der Waals surface area contributed by atoms with Gasteiger partial charge in [0.25, 0.3) is 0 Å². The minimum Gasteiger partial charge on any atom is -0.378 e. The van der Waals surface area contributed by atoms with Crippen molar-refractivity contribution in [2.45, 2.75) is 83.7 Å². The molecule has 2 heteroatoms. The summed E-state index contributed by atoms with van der Waals surface area (Å²) in [7, 11) is 0. The van der Waals surface area contributed by atoms with Crippen molar-refractivity contribution in [3.8, 4) is 0 Å². The first-order valence-electron chi connectivity index (χ1n) is 9.01. The predicted octanol–water partition coefficient (Wildman–Crippen LogP) is 5.53. The number of hydrogen-bond donors (Lipinski definition) is 0. The van der Waals surface area contributed by atoms with Gasteiger partial charge in [0.05, 0.1) is 12.8 Å². The Hall–Kier alpha value is -0.110. The summed E-state index contributed by atoms with van der Waals surface area (Å²) >= 11 is 0. The monoisotopic (exact) mass is 284 g/mol. The minimum absolute atomic E-state index is 0.240. The summed E-state index contributed by atoms with van der Waals surface area (Å²) in [5, 5.41) is 0. The summed E-state index contributed by atoms with van der Waals surface area (Å²) in [6, 6.07) is 0. The molecule has 2 saturated carbocycles. The van der Waals surface area contributed by atoms with Gasteiger partial charge in [-0.1, -0.05) is 32.6 Å². The van der Waals surface area contributed by atoms with Crippen LogP contribution >= 0.6 is 0 Å². The summed E-state index contributed by atoms with van der Waals surface area (Å²) < 4.78 is 17.8. The van der Waals surface area contributed by atoms with E-state index in [0.29, 0.717) is 19.1 Å². The quantitative estimate of drug-likeness (QED) is 0.559. The van der Waals surface area contributed by atoms with Crippen LogP contribution in [0.15, 0.2) is 0 Å². The maximum Gasteiger partial charge on any atom is 0.0916 e. The molecule has 1 nitrogen and oxygen atoms in total. The summed E-state index contributed by atoms with van der Waals surface area (Å²) in [5.41, 5.74) is 0. The molecule has 0 aromatic rings. The van der Waals surface area contributed by atoms with E-state index in [-0.39, 0.29) is 6.67 Å². The van der Waals surface area contributed by atoms with Gasteiger partial charge in [0.15, 0.2) is 0 Å². The van der Waals surface area contributed by atoms with Gasteiger partial charge in [-0.15, -0.1) is 0 Å². The van der Waals surface area contributed by atoms with Crippen molar-refractivity contribution in [1.29, 1.82) is 0 Å². The maximum atomic E-state index is 12.1. The summed E-state index contributed by atoms with van der Waals surface area (Å²) in [5.74, 6) is 2.98. The molecule has 2 rings (SSSR count). The fourth-order valence-corrected chi connectivity index (χ4v) is 4.39. The van der Waals surface area contributed by atoms with E-state index < -0.39 is 0 Å². The van der Waals surface area contributed by atoms with Crippen molar-refractivity contribution < 1.29 is 9.13 Å². The number of rotatable bonds is 7. The molecule has 118 valence electrons. The lowest BCUT2D eigenvalue weighted by Gasteiger charge is -2.37. The van der Waals surface area contributed by atoms with Gasteiger partial charge in [0.2, 0.25) is 0 Å². The van der Waals surface area contributed by atoms with E-state index in [2.05, 4.69) is 6.92 Å². The van der Waals surface area contributed by atoms with E-state index in [4.69, 9.17) is 4.74 Å². The first-order chi connectivity index (χ1) is 9.83. The van der Waals surface area contributed by atoms with E-state index in [0.717, 1.165) is 17.8 Å². The Labute approximate surface area is 124 Å². The van der Waals surface area contributed by atoms with Gasteiger partial charge in [-0.3, -0.25) is 4.39 Å². The van der Waals surface area contributed by atoms with E-state index in [1.807, 2.05) is 0 Å². The lowest BCUT2D eigenvalue weighted by molar-refractivity contribution is 0.00440. The summed E-state index contributed by atoms with van der Waals surface area (Å²) in [6.45, 7) is 2.70. The molecule has 0 spiro atoms. The molecule has 2 aliphatic rings. The average molecular weight is 284 g/mol.